The number of benzene rings is 2. The molecule has 4 rings (SSSR count). The second-order valence-corrected chi connectivity index (χ2v) is 9.61. The fourth-order valence-electron chi connectivity index (χ4n) is 3.57. The van der Waals surface area contributed by atoms with Crippen LogP contribution < -0.4 is 9.46 Å². The molecule has 6 nitrogen and oxygen atoms in total. The maximum atomic E-state index is 12.8. The summed E-state index contributed by atoms with van der Waals surface area (Å²) in [5.74, 6) is 1.39. The number of aromatic nitrogens is 2. The van der Waals surface area contributed by atoms with Crippen LogP contribution >= 0.6 is 0 Å². The molecule has 10 heteroatoms. The van der Waals surface area contributed by atoms with Gasteiger partial charge in [0.2, 0.25) is 10.0 Å². The van der Waals surface area contributed by atoms with Crippen molar-refractivity contribution in [3.05, 3.63) is 60.0 Å². The number of sulfonamides is 1. The Hall–Kier alpha value is -2.85. The molecule has 0 bridgehead atoms. The second-order valence-electron chi connectivity index (χ2n) is 7.90. The molecule has 32 heavy (non-hydrogen) atoms. The zero-order chi connectivity index (χ0) is 23.1. The number of imidazole rings is 1. The molecule has 3 aromatic rings. The lowest BCUT2D eigenvalue weighted by atomic mass is 10.1. The van der Waals surface area contributed by atoms with Gasteiger partial charge < -0.3 is 9.30 Å². The Kier molecular flexibility index (Phi) is 5.76. The molecule has 0 fully saturated rings. The van der Waals surface area contributed by atoms with Crippen molar-refractivity contribution >= 4 is 10.0 Å². The van der Waals surface area contributed by atoms with Crippen LogP contribution in [0, 0.1) is 0 Å². The number of nitrogens with zero attached hydrogens (tertiary/aromatic N) is 2. The lowest BCUT2D eigenvalue weighted by Crippen LogP contribution is -2.30. The van der Waals surface area contributed by atoms with Gasteiger partial charge in [0, 0.05) is 30.8 Å². The average Bonchev–Trinajstić information content (AvgIpc) is 3.29. The maximum absolute atomic E-state index is 12.8. The highest BCUT2D eigenvalue weighted by Gasteiger charge is 2.30. The van der Waals surface area contributed by atoms with E-state index in [2.05, 4.69) is 9.71 Å². The summed E-state index contributed by atoms with van der Waals surface area (Å²) in [7, 11) is -3.76. The fraction of sp³-hybridized carbons (Fsp3) is 0.318. The van der Waals surface area contributed by atoms with E-state index in [1.165, 1.54) is 30.3 Å². The van der Waals surface area contributed by atoms with Crippen molar-refractivity contribution < 1.29 is 26.3 Å². The van der Waals surface area contributed by atoms with Crippen LogP contribution in [-0.4, -0.2) is 24.0 Å². The summed E-state index contributed by atoms with van der Waals surface area (Å²) in [6, 6.07) is 8.40. The minimum Gasteiger partial charge on any atom is -0.457 e. The van der Waals surface area contributed by atoms with Crippen molar-refractivity contribution in [3.8, 4) is 22.8 Å². The molecule has 0 saturated carbocycles. The Bertz CT molecular complexity index is 1210. The van der Waals surface area contributed by atoms with Crippen molar-refractivity contribution in [1.29, 1.82) is 0 Å². The first-order valence-electron chi connectivity index (χ1n) is 10.1. The van der Waals surface area contributed by atoms with Gasteiger partial charge in [-0.2, -0.15) is 13.2 Å². The van der Waals surface area contributed by atoms with Gasteiger partial charge in [-0.15, -0.1) is 0 Å². The third-order valence-electron chi connectivity index (χ3n) is 5.00. The van der Waals surface area contributed by atoms with E-state index < -0.39 is 21.8 Å². The van der Waals surface area contributed by atoms with Gasteiger partial charge >= 0.3 is 6.18 Å². The molecule has 2 heterocycles. The summed E-state index contributed by atoms with van der Waals surface area (Å²) < 4.78 is 74.3. The monoisotopic (exact) mass is 465 g/mol. The van der Waals surface area contributed by atoms with Crippen LogP contribution in [0.15, 0.2) is 53.6 Å². The van der Waals surface area contributed by atoms with E-state index in [1.807, 2.05) is 10.8 Å². The molecular weight excluding hydrogens is 443 g/mol. The highest BCUT2D eigenvalue weighted by molar-refractivity contribution is 7.89. The summed E-state index contributed by atoms with van der Waals surface area (Å²) in [5.41, 5.74) is 0.207. The highest BCUT2D eigenvalue weighted by atomic mass is 32.2. The van der Waals surface area contributed by atoms with Gasteiger partial charge in [0.1, 0.15) is 17.3 Å². The normalized spacial score (nSPS) is 14.1. The van der Waals surface area contributed by atoms with Gasteiger partial charge in [0.05, 0.1) is 16.2 Å². The van der Waals surface area contributed by atoms with Crippen molar-refractivity contribution in [2.24, 2.45) is 0 Å². The van der Waals surface area contributed by atoms with Crippen molar-refractivity contribution in [1.82, 2.24) is 14.3 Å². The fourth-order valence-corrected chi connectivity index (χ4v) is 4.84. The molecule has 1 N–H and O–H groups in total. The smallest absolute Gasteiger partial charge is 0.416 e. The summed E-state index contributed by atoms with van der Waals surface area (Å²) in [4.78, 5) is 4.66. The molecule has 1 aromatic heterocycles. The first-order valence-corrected chi connectivity index (χ1v) is 11.6. The zero-order valence-corrected chi connectivity index (χ0v) is 18.3. The van der Waals surface area contributed by atoms with Gasteiger partial charge in [-0.3, -0.25) is 0 Å². The Morgan fingerprint density at radius 2 is 1.84 bits per heavy atom. The first-order chi connectivity index (χ1) is 15.0. The number of nitrogens with one attached hydrogen (secondary N) is 1. The number of fused-ring (bicyclic) bond motifs is 1. The molecule has 2 aromatic carbocycles. The standard InChI is InChI=1S/C22H22F3N3O3S/c1-14(2)27-32(29,30)17-9-10-20(31-16-7-5-15(6-8-16)22(23,24)25)18(12-17)19-13-28-11-3-4-21(28)26-19/h5-10,12-14,27H,3-4,11H2,1-2H3. The zero-order valence-electron chi connectivity index (χ0n) is 17.5. The molecule has 0 amide bonds. The predicted octanol–water partition coefficient (Wildman–Crippen LogP) is 4.99. The van der Waals surface area contributed by atoms with E-state index in [-0.39, 0.29) is 16.7 Å². The molecule has 0 aliphatic carbocycles. The van der Waals surface area contributed by atoms with Crippen LogP contribution in [0.1, 0.15) is 31.7 Å². The molecule has 1 aliphatic heterocycles. The molecule has 0 spiro atoms. The van der Waals surface area contributed by atoms with E-state index in [0.29, 0.717) is 17.0 Å². The topological polar surface area (TPSA) is 73.2 Å². The van der Waals surface area contributed by atoms with Gasteiger partial charge in [-0.1, -0.05) is 0 Å². The molecule has 0 radical (unpaired) electrons. The van der Waals surface area contributed by atoms with Crippen LogP contribution in [-0.2, 0) is 29.2 Å². The molecule has 0 atom stereocenters. The van der Waals surface area contributed by atoms with Gasteiger partial charge in [0.15, 0.2) is 0 Å². The Labute approximate surface area is 184 Å². The SMILES string of the molecule is CC(C)NS(=O)(=O)c1ccc(Oc2ccc(C(F)(F)F)cc2)c(-c2cn3c(n2)CCC3)c1. The second kappa shape index (κ2) is 8.25. The minimum atomic E-state index is -4.44. The van der Waals surface area contributed by atoms with E-state index in [4.69, 9.17) is 4.74 Å². The molecule has 1 aliphatic rings. The molecule has 0 unspecified atom stereocenters. The minimum absolute atomic E-state index is 0.0501. The lowest BCUT2D eigenvalue weighted by molar-refractivity contribution is -0.137. The highest BCUT2D eigenvalue weighted by Crippen LogP contribution is 2.37. The predicted molar refractivity (Wildman–Crippen MR) is 113 cm³/mol. The molecule has 170 valence electrons. The van der Waals surface area contributed by atoms with E-state index >= 15 is 0 Å². The van der Waals surface area contributed by atoms with E-state index in [0.717, 1.165) is 37.3 Å². The number of hydrogen-bond donors (Lipinski definition) is 1. The van der Waals surface area contributed by atoms with E-state index in [1.54, 1.807) is 13.8 Å². The largest absolute Gasteiger partial charge is 0.457 e. The number of rotatable bonds is 6. The summed E-state index contributed by atoms with van der Waals surface area (Å²) in [5, 5.41) is 0. The Morgan fingerprint density at radius 1 is 1.12 bits per heavy atom. The Balaban J connectivity index is 1.74. The number of halogens is 3. The number of alkyl halides is 3. The van der Waals surface area contributed by atoms with Gasteiger partial charge in [-0.25, -0.2) is 18.1 Å². The summed E-state index contributed by atoms with van der Waals surface area (Å²) in [6.07, 6.45) is -0.796. The van der Waals surface area contributed by atoms with Crippen molar-refractivity contribution in [3.63, 3.8) is 0 Å². The molecular formula is C22H22F3N3O3S. The summed E-state index contributed by atoms with van der Waals surface area (Å²) in [6.45, 7) is 4.27. The van der Waals surface area contributed by atoms with E-state index in [9.17, 15) is 21.6 Å². The van der Waals surface area contributed by atoms with Crippen molar-refractivity contribution in [2.45, 2.75) is 50.3 Å². The quantitative estimate of drug-likeness (QED) is 0.557. The lowest BCUT2D eigenvalue weighted by Gasteiger charge is -2.14. The molecule has 0 saturated heterocycles. The maximum Gasteiger partial charge on any atom is 0.416 e. The van der Waals surface area contributed by atoms with Crippen LogP contribution in [0.4, 0.5) is 13.2 Å². The number of aryl methyl sites for hydroxylation is 2. The van der Waals surface area contributed by atoms with Crippen LogP contribution in [0.2, 0.25) is 0 Å². The number of ether oxygens (including phenoxy) is 1. The summed E-state index contributed by atoms with van der Waals surface area (Å²) >= 11 is 0. The van der Waals surface area contributed by atoms with Crippen LogP contribution in [0.5, 0.6) is 11.5 Å². The van der Waals surface area contributed by atoms with Crippen LogP contribution in [0.3, 0.4) is 0 Å². The van der Waals surface area contributed by atoms with Gasteiger partial charge in [-0.05, 0) is 62.7 Å². The van der Waals surface area contributed by atoms with Crippen LogP contribution in [0.25, 0.3) is 11.3 Å². The average molecular weight is 465 g/mol. The van der Waals surface area contributed by atoms with Crippen molar-refractivity contribution in [2.75, 3.05) is 0 Å². The third-order valence-corrected chi connectivity index (χ3v) is 6.65. The first kappa shape index (κ1) is 22.3. The third kappa shape index (κ3) is 4.66. The number of hydrogen-bond acceptors (Lipinski definition) is 4. The van der Waals surface area contributed by atoms with Gasteiger partial charge in [0.25, 0.3) is 0 Å². The Morgan fingerprint density at radius 3 is 2.47 bits per heavy atom.